The van der Waals surface area contributed by atoms with Gasteiger partial charge in [-0.3, -0.25) is 0 Å². The van der Waals surface area contributed by atoms with Crippen LogP contribution in [-0.2, 0) is 4.43 Å². The highest BCUT2D eigenvalue weighted by Crippen LogP contribution is 2.45. The number of hydrogen-bond donors (Lipinski definition) is 0. The maximum Gasteiger partial charge on any atom is 0.172 e. The minimum atomic E-state index is -1.44. The second-order valence-corrected chi connectivity index (χ2v) is 33.8. The van der Waals surface area contributed by atoms with Crippen molar-refractivity contribution in [1.29, 1.82) is 0 Å². The van der Waals surface area contributed by atoms with Crippen LogP contribution in [0.1, 0.15) is 27.2 Å². The summed E-state index contributed by atoms with van der Waals surface area (Å²) in [6.07, 6.45) is 1.36. The molecule has 0 saturated carbocycles. The third kappa shape index (κ3) is 2.26. The first-order valence-electron chi connectivity index (χ1n) is 6.68. The molecule has 96 valence electrons. The Morgan fingerprint density at radius 3 is 1.94 bits per heavy atom. The Morgan fingerprint density at radius 1 is 1.06 bits per heavy atom. The average molecular weight is 275 g/mol. The minimum Gasteiger partial charge on any atom is -0.416 e. The molecular weight excluding hydrogens is 244 g/mol. The van der Waals surface area contributed by atoms with Crippen LogP contribution in [-0.4, -0.2) is 28.1 Å². The van der Waals surface area contributed by atoms with Gasteiger partial charge in [0.25, 0.3) is 0 Å². The van der Waals surface area contributed by atoms with Gasteiger partial charge in [0.05, 0.1) is 7.11 Å². The Bertz CT molecular complexity index is 251. The normalized spacial score (nSPS) is 36.0. The topological polar surface area (TPSA) is 9.23 Å². The fourth-order valence-corrected chi connectivity index (χ4v) is 42.5. The largest absolute Gasteiger partial charge is 0.416 e. The van der Waals surface area contributed by atoms with Crippen LogP contribution in [0.5, 0.6) is 0 Å². The number of rotatable bonds is 2. The van der Waals surface area contributed by atoms with E-state index in [4.69, 9.17) is 4.43 Å². The molecule has 1 saturated heterocycles. The molecule has 1 nitrogen and oxygen atoms in total. The summed E-state index contributed by atoms with van der Waals surface area (Å²) < 4.78 is 6.60. The van der Waals surface area contributed by atoms with Crippen LogP contribution in [0.4, 0.5) is 0 Å². The van der Waals surface area contributed by atoms with Gasteiger partial charge in [-0.2, -0.15) is 0 Å². The van der Waals surface area contributed by atoms with Gasteiger partial charge in [0.1, 0.15) is 0 Å². The van der Waals surface area contributed by atoms with E-state index in [-0.39, 0.29) is 5.60 Å². The van der Waals surface area contributed by atoms with Gasteiger partial charge in [-0.05, 0) is 33.0 Å². The first-order chi connectivity index (χ1) is 6.97. The van der Waals surface area contributed by atoms with Gasteiger partial charge < -0.3 is 4.43 Å². The van der Waals surface area contributed by atoms with Gasteiger partial charge in [0.2, 0.25) is 0 Å². The summed E-state index contributed by atoms with van der Waals surface area (Å²) in [5.41, 5.74) is 0.158. The van der Waals surface area contributed by atoms with Crippen molar-refractivity contribution < 1.29 is 4.43 Å². The molecular formula is C12H30OSi3. The summed E-state index contributed by atoms with van der Waals surface area (Å²) in [6, 6.07) is 2.88. The quantitative estimate of drug-likeness (QED) is 0.680. The highest BCUT2D eigenvalue weighted by atomic mass is 29.6. The predicted molar refractivity (Wildman–Crippen MR) is 81.7 cm³/mol. The highest BCUT2D eigenvalue weighted by Gasteiger charge is 2.62. The first kappa shape index (κ1) is 14.7. The summed E-state index contributed by atoms with van der Waals surface area (Å²) >= 11 is 0. The minimum absolute atomic E-state index is 0.158. The lowest BCUT2D eigenvalue weighted by atomic mass is 10.2. The Hall–Kier alpha value is 0.611. The molecule has 1 rings (SSSR count). The molecule has 1 aliphatic heterocycles. The second kappa shape index (κ2) is 4.07. The monoisotopic (exact) mass is 274 g/mol. The molecule has 0 aromatic carbocycles. The SMILES string of the molecule is CCC[Si]1(C)[Si](C)(C)CC(C)(C)O[Si]1(C)C. The van der Waals surface area contributed by atoms with E-state index in [0.29, 0.717) is 0 Å². The van der Waals surface area contributed by atoms with Crippen molar-refractivity contribution in [1.82, 2.24) is 0 Å². The summed E-state index contributed by atoms with van der Waals surface area (Å²) in [5.74, 6) is 0. The lowest BCUT2D eigenvalue weighted by Gasteiger charge is -2.59. The van der Waals surface area contributed by atoms with Crippen LogP contribution in [0.2, 0.25) is 44.8 Å². The molecule has 0 radical (unpaired) electrons. The van der Waals surface area contributed by atoms with Gasteiger partial charge in [-0.15, -0.1) is 0 Å². The lowest BCUT2D eigenvalue weighted by Crippen LogP contribution is -2.78. The van der Waals surface area contributed by atoms with Crippen molar-refractivity contribution in [2.24, 2.45) is 0 Å². The summed E-state index contributed by atoms with van der Waals surface area (Å²) in [5, 5.41) is 0. The fraction of sp³-hybridized carbons (Fsp3) is 1.00. The molecule has 1 aliphatic rings. The third-order valence-electron chi connectivity index (χ3n) is 4.97. The second-order valence-electron chi connectivity index (χ2n) is 7.51. The molecule has 0 N–H and O–H groups in total. The van der Waals surface area contributed by atoms with E-state index in [0.717, 1.165) is 0 Å². The van der Waals surface area contributed by atoms with Crippen molar-refractivity contribution in [2.45, 2.75) is 77.6 Å². The number of hydrogen-bond acceptors (Lipinski definition) is 1. The van der Waals surface area contributed by atoms with Crippen molar-refractivity contribution in [3.8, 4) is 0 Å². The van der Waals surface area contributed by atoms with E-state index in [1.807, 2.05) is 0 Å². The molecule has 1 unspecified atom stereocenters. The van der Waals surface area contributed by atoms with E-state index < -0.39 is 22.5 Å². The molecule has 4 heteroatoms. The van der Waals surface area contributed by atoms with Crippen LogP contribution in [0, 0.1) is 0 Å². The van der Waals surface area contributed by atoms with Gasteiger partial charge in [0, 0.05) is 13.2 Å². The predicted octanol–water partition coefficient (Wildman–Crippen LogP) is 4.35. The van der Waals surface area contributed by atoms with E-state index in [9.17, 15) is 0 Å². The standard InChI is InChI=1S/C12H30OSi3/c1-9-10-16(8)14(4,5)11-12(2,3)13-15(16,6)7/h9-11H2,1-8H3. The molecule has 1 heterocycles. The summed E-state index contributed by atoms with van der Waals surface area (Å²) in [4.78, 5) is 0. The zero-order valence-electron chi connectivity index (χ0n) is 12.5. The van der Waals surface area contributed by atoms with Gasteiger partial charge in [-0.25, -0.2) is 0 Å². The molecule has 0 aromatic rings. The fourth-order valence-electron chi connectivity index (χ4n) is 4.05. The van der Waals surface area contributed by atoms with Gasteiger partial charge in [-0.1, -0.05) is 39.0 Å². The molecule has 1 fully saturated rings. The van der Waals surface area contributed by atoms with Crippen LogP contribution < -0.4 is 0 Å². The third-order valence-corrected chi connectivity index (χ3v) is 45.7. The van der Waals surface area contributed by atoms with Crippen LogP contribution in [0.15, 0.2) is 0 Å². The molecule has 0 aromatic heterocycles. The van der Waals surface area contributed by atoms with Crippen LogP contribution >= 0.6 is 0 Å². The van der Waals surface area contributed by atoms with Crippen molar-refractivity contribution in [2.75, 3.05) is 0 Å². The highest BCUT2D eigenvalue weighted by molar-refractivity contribution is 7.68. The maximum absolute atomic E-state index is 6.60. The molecule has 0 spiro atoms. The molecule has 16 heavy (non-hydrogen) atoms. The Morgan fingerprint density at radius 2 is 1.56 bits per heavy atom. The lowest BCUT2D eigenvalue weighted by molar-refractivity contribution is 0.122. The molecule has 0 aliphatic carbocycles. The maximum atomic E-state index is 6.60. The van der Waals surface area contributed by atoms with Crippen molar-refractivity contribution >= 4 is 22.5 Å². The van der Waals surface area contributed by atoms with Gasteiger partial charge in [0.15, 0.2) is 7.83 Å². The Balaban J connectivity index is 3.16. The van der Waals surface area contributed by atoms with Crippen molar-refractivity contribution in [3.63, 3.8) is 0 Å². The van der Waals surface area contributed by atoms with E-state index in [1.165, 1.54) is 18.5 Å². The van der Waals surface area contributed by atoms with Crippen molar-refractivity contribution in [3.05, 3.63) is 0 Å². The first-order valence-corrected chi connectivity index (χ1v) is 17.5. The van der Waals surface area contributed by atoms with E-state index >= 15 is 0 Å². The van der Waals surface area contributed by atoms with Gasteiger partial charge >= 0.3 is 0 Å². The molecule has 0 amide bonds. The average Bonchev–Trinajstić information content (AvgIpc) is 1.97. The zero-order chi connectivity index (χ0) is 12.8. The summed E-state index contributed by atoms with van der Waals surface area (Å²) in [7, 11) is -3.62. The van der Waals surface area contributed by atoms with Crippen LogP contribution in [0.3, 0.4) is 0 Å². The van der Waals surface area contributed by atoms with E-state index in [1.54, 1.807) is 0 Å². The smallest absolute Gasteiger partial charge is 0.172 e. The molecule has 0 bridgehead atoms. The van der Waals surface area contributed by atoms with E-state index in [2.05, 4.69) is 53.5 Å². The molecule has 1 atom stereocenters. The van der Waals surface area contributed by atoms with Crippen LogP contribution in [0.25, 0.3) is 0 Å². The summed E-state index contributed by atoms with van der Waals surface area (Å²) in [6.45, 7) is 20.0. The zero-order valence-corrected chi connectivity index (χ0v) is 15.5. The Labute approximate surface area is 105 Å². The Kier molecular flexibility index (Phi) is 3.73.